The van der Waals surface area contributed by atoms with Crippen LogP contribution in [0.15, 0.2) is 66.7 Å². The van der Waals surface area contributed by atoms with Crippen LogP contribution in [0.3, 0.4) is 0 Å². The number of fused-ring (bicyclic) bond motifs is 1. The number of carbonyl (C=O) groups excluding carboxylic acids is 2. The van der Waals surface area contributed by atoms with E-state index in [2.05, 4.69) is 5.32 Å². The number of hydrogen-bond acceptors (Lipinski definition) is 2. The van der Waals surface area contributed by atoms with Gasteiger partial charge in [-0.2, -0.15) is 0 Å². The fraction of sp³-hybridized carbons (Fsp3) is 0.217. The summed E-state index contributed by atoms with van der Waals surface area (Å²) in [6.45, 7) is 0.516. The molecule has 0 atom stereocenters. The van der Waals surface area contributed by atoms with Gasteiger partial charge in [0.1, 0.15) is 0 Å². The van der Waals surface area contributed by atoms with Gasteiger partial charge in [-0.05, 0) is 41.3 Å². The summed E-state index contributed by atoms with van der Waals surface area (Å²) >= 11 is 0. The van der Waals surface area contributed by atoms with Crippen LogP contribution >= 0.6 is 0 Å². The fourth-order valence-electron chi connectivity index (χ4n) is 3.24. The first kappa shape index (κ1) is 17.3. The van der Waals surface area contributed by atoms with Crippen LogP contribution in [0, 0.1) is 5.92 Å². The predicted octanol–water partition coefficient (Wildman–Crippen LogP) is 4.46. The highest BCUT2D eigenvalue weighted by Gasteiger charge is 2.30. The van der Waals surface area contributed by atoms with E-state index in [9.17, 15) is 9.59 Å². The number of amides is 2. The molecular weight excluding hydrogens is 336 g/mol. The average Bonchev–Trinajstić information content (AvgIpc) is 3.53. The Hall–Kier alpha value is -3.14. The number of carbonyl (C=O) groups is 2. The van der Waals surface area contributed by atoms with E-state index in [1.807, 2.05) is 66.7 Å². The molecule has 27 heavy (non-hydrogen) atoms. The molecule has 1 aliphatic rings. The molecular formula is C23H22N2O2. The van der Waals surface area contributed by atoms with E-state index in [1.54, 1.807) is 11.9 Å². The molecule has 4 rings (SSSR count). The van der Waals surface area contributed by atoms with E-state index in [-0.39, 0.29) is 17.7 Å². The van der Waals surface area contributed by atoms with Crippen molar-refractivity contribution in [2.45, 2.75) is 19.4 Å². The molecule has 3 aromatic rings. The van der Waals surface area contributed by atoms with E-state index in [0.717, 1.165) is 29.2 Å². The molecule has 1 fully saturated rings. The monoisotopic (exact) mass is 358 g/mol. The second-order valence-corrected chi connectivity index (χ2v) is 7.16. The Labute approximate surface area is 158 Å². The Morgan fingerprint density at radius 1 is 0.963 bits per heavy atom. The van der Waals surface area contributed by atoms with Crippen molar-refractivity contribution in [3.63, 3.8) is 0 Å². The Morgan fingerprint density at radius 2 is 1.59 bits per heavy atom. The molecule has 0 radical (unpaired) electrons. The van der Waals surface area contributed by atoms with Crippen molar-refractivity contribution in [1.82, 2.24) is 4.90 Å². The molecule has 1 N–H and O–H groups in total. The van der Waals surface area contributed by atoms with Crippen LogP contribution in [0.4, 0.5) is 5.69 Å². The summed E-state index contributed by atoms with van der Waals surface area (Å²) in [4.78, 5) is 27.2. The largest absolute Gasteiger partial charge is 0.337 e. The van der Waals surface area contributed by atoms with Crippen LogP contribution < -0.4 is 5.32 Å². The fourth-order valence-corrected chi connectivity index (χ4v) is 3.24. The highest BCUT2D eigenvalue weighted by Crippen LogP contribution is 2.32. The molecule has 3 aromatic carbocycles. The molecule has 2 amide bonds. The molecule has 0 heterocycles. The third kappa shape index (κ3) is 3.85. The van der Waals surface area contributed by atoms with Crippen molar-refractivity contribution in [1.29, 1.82) is 0 Å². The zero-order valence-electron chi connectivity index (χ0n) is 15.3. The molecule has 0 spiro atoms. The number of anilines is 1. The van der Waals surface area contributed by atoms with Crippen LogP contribution in [0.1, 0.15) is 28.8 Å². The first-order valence-corrected chi connectivity index (χ1v) is 9.25. The zero-order chi connectivity index (χ0) is 18.8. The second kappa shape index (κ2) is 7.23. The molecule has 1 saturated carbocycles. The van der Waals surface area contributed by atoms with Crippen LogP contribution in [0.5, 0.6) is 0 Å². The second-order valence-electron chi connectivity index (χ2n) is 7.16. The number of nitrogens with zero attached hydrogens (tertiary/aromatic N) is 1. The van der Waals surface area contributed by atoms with Gasteiger partial charge in [-0.15, -0.1) is 0 Å². The van der Waals surface area contributed by atoms with E-state index in [0.29, 0.717) is 17.8 Å². The normalized spacial score (nSPS) is 13.4. The topological polar surface area (TPSA) is 49.4 Å². The Bertz CT molecular complexity index is 994. The minimum atomic E-state index is -0.101. The lowest BCUT2D eigenvalue weighted by atomic mass is 10.0. The van der Waals surface area contributed by atoms with Gasteiger partial charge in [-0.1, -0.05) is 54.6 Å². The van der Waals surface area contributed by atoms with Gasteiger partial charge >= 0.3 is 0 Å². The number of hydrogen-bond donors (Lipinski definition) is 1. The molecule has 4 heteroatoms. The highest BCUT2D eigenvalue weighted by atomic mass is 16.2. The van der Waals surface area contributed by atoms with Crippen molar-refractivity contribution in [2.24, 2.45) is 5.92 Å². The highest BCUT2D eigenvalue weighted by molar-refractivity contribution is 6.08. The first-order chi connectivity index (χ1) is 13.1. The van der Waals surface area contributed by atoms with Gasteiger partial charge in [0.25, 0.3) is 5.91 Å². The zero-order valence-corrected chi connectivity index (χ0v) is 15.3. The number of nitrogens with one attached hydrogen (secondary N) is 1. The van der Waals surface area contributed by atoms with Gasteiger partial charge in [-0.3, -0.25) is 9.59 Å². The van der Waals surface area contributed by atoms with E-state index in [4.69, 9.17) is 0 Å². The molecule has 1 aliphatic carbocycles. The van der Waals surface area contributed by atoms with Gasteiger partial charge in [0.15, 0.2) is 0 Å². The van der Waals surface area contributed by atoms with Gasteiger partial charge < -0.3 is 10.2 Å². The SMILES string of the molecule is CN(Cc1ccccc1)C(=O)c1cc2ccccc2cc1NC(=O)C1CC1. The molecule has 0 unspecified atom stereocenters. The van der Waals surface area contributed by atoms with Crippen LogP contribution in [-0.4, -0.2) is 23.8 Å². The van der Waals surface area contributed by atoms with Gasteiger partial charge in [0.05, 0.1) is 11.3 Å². The van der Waals surface area contributed by atoms with E-state index in [1.165, 1.54) is 0 Å². The Morgan fingerprint density at radius 3 is 2.26 bits per heavy atom. The first-order valence-electron chi connectivity index (χ1n) is 9.25. The maximum atomic E-state index is 13.2. The van der Waals surface area contributed by atoms with E-state index >= 15 is 0 Å². The van der Waals surface area contributed by atoms with Crippen molar-refractivity contribution in [3.05, 3.63) is 77.9 Å². The number of benzene rings is 3. The van der Waals surface area contributed by atoms with Crippen molar-refractivity contribution in [2.75, 3.05) is 12.4 Å². The van der Waals surface area contributed by atoms with Crippen LogP contribution in [-0.2, 0) is 11.3 Å². The maximum Gasteiger partial charge on any atom is 0.256 e. The summed E-state index contributed by atoms with van der Waals surface area (Å²) in [5, 5.41) is 4.97. The third-order valence-electron chi connectivity index (χ3n) is 4.93. The minimum absolute atomic E-state index is 0.00467. The summed E-state index contributed by atoms with van der Waals surface area (Å²) in [6.07, 6.45) is 1.85. The summed E-state index contributed by atoms with van der Waals surface area (Å²) in [7, 11) is 1.79. The molecule has 0 aliphatic heterocycles. The molecule has 0 saturated heterocycles. The molecule has 136 valence electrons. The lowest BCUT2D eigenvalue weighted by Crippen LogP contribution is -2.27. The lowest BCUT2D eigenvalue weighted by Gasteiger charge is -2.20. The van der Waals surface area contributed by atoms with Gasteiger partial charge in [0.2, 0.25) is 5.91 Å². The smallest absolute Gasteiger partial charge is 0.256 e. The minimum Gasteiger partial charge on any atom is -0.337 e. The quantitative estimate of drug-likeness (QED) is 0.732. The summed E-state index contributed by atoms with van der Waals surface area (Å²) in [6, 6.07) is 21.5. The Balaban J connectivity index is 1.67. The van der Waals surface area contributed by atoms with Crippen molar-refractivity contribution in [3.8, 4) is 0 Å². The molecule has 0 bridgehead atoms. The van der Waals surface area contributed by atoms with Crippen LogP contribution in [0.2, 0.25) is 0 Å². The molecule has 4 nitrogen and oxygen atoms in total. The standard InChI is InChI=1S/C23H22N2O2/c1-25(15-16-7-3-2-4-8-16)23(27)20-13-18-9-5-6-10-19(18)14-21(20)24-22(26)17-11-12-17/h2-10,13-14,17H,11-12,15H2,1H3,(H,24,26). The third-order valence-corrected chi connectivity index (χ3v) is 4.93. The number of rotatable bonds is 5. The predicted molar refractivity (Wildman–Crippen MR) is 108 cm³/mol. The Kier molecular flexibility index (Phi) is 4.63. The van der Waals surface area contributed by atoms with Gasteiger partial charge in [-0.25, -0.2) is 0 Å². The molecule has 0 aromatic heterocycles. The summed E-state index contributed by atoms with van der Waals surface area (Å²) in [5.41, 5.74) is 2.19. The lowest BCUT2D eigenvalue weighted by molar-refractivity contribution is -0.117. The average molecular weight is 358 g/mol. The summed E-state index contributed by atoms with van der Waals surface area (Å²) < 4.78 is 0. The summed E-state index contributed by atoms with van der Waals surface area (Å²) in [5.74, 6) is -0.0118. The van der Waals surface area contributed by atoms with Crippen molar-refractivity contribution < 1.29 is 9.59 Å². The van der Waals surface area contributed by atoms with E-state index < -0.39 is 0 Å². The maximum absolute atomic E-state index is 13.2. The van der Waals surface area contributed by atoms with Gasteiger partial charge in [0, 0.05) is 19.5 Å². The van der Waals surface area contributed by atoms with Crippen LogP contribution in [0.25, 0.3) is 10.8 Å². The van der Waals surface area contributed by atoms with Crippen molar-refractivity contribution >= 4 is 28.3 Å².